The van der Waals surface area contributed by atoms with E-state index in [2.05, 4.69) is 0 Å². The maximum atomic E-state index is 13.3. The van der Waals surface area contributed by atoms with Crippen molar-refractivity contribution < 1.29 is 4.79 Å². The zero-order chi connectivity index (χ0) is 20.2. The van der Waals surface area contributed by atoms with Gasteiger partial charge in [0.05, 0.1) is 22.7 Å². The number of carbonyl (C=O) groups excluding carboxylic acids is 1. The van der Waals surface area contributed by atoms with E-state index in [1.165, 1.54) is 18.2 Å². The van der Waals surface area contributed by atoms with Crippen LogP contribution in [0.2, 0.25) is 0 Å². The summed E-state index contributed by atoms with van der Waals surface area (Å²) in [7, 11) is 0. The molecule has 1 aliphatic rings. The molecular weight excluding hydrogens is 382 g/mol. The van der Waals surface area contributed by atoms with Crippen LogP contribution < -0.4 is 5.56 Å². The van der Waals surface area contributed by atoms with E-state index < -0.39 is 0 Å². The normalized spacial score (nSPS) is 15.4. The van der Waals surface area contributed by atoms with Gasteiger partial charge in [-0.05, 0) is 43.9 Å². The van der Waals surface area contributed by atoms with Crippen molar-refractivity contribution in [2.75, 3.05) is 18.8 Å². The number of fused-ring (bicyclic) bond motifs is 1. The van der Waals surface area contributed by atoms with Gasteiger partial charge in [0.25, 0.3) is 5.56 Å². The fourth-order valence-electron chi connectivity index (χ4n) is 3.81. The molecule has 4 rings (SSSR count). The third kappa shape index (κ3) is 4.22. The highest BCUT2D eigenvalue weighted by Gasteiger charge is 2.21. The molecular formula is C23H25N3O2S. The van der Waals surface area contributed by atoms with E-state index in [-0.39, 0.29) is 17.5 Å². The van der Waals surface area contributed by atoms with E-state index in [0.717, 1.165) is 31.5 Å². The molecule has 0 radical (unpaired) electrons. The molecule has 0 spiro atoms. The molecule has 5 nitrogen and oxygen atoms in total. The maximum absolute atomic E-state index is 13.3. The quantitative estimate of drug-likeness (QED) is 0.472. The Labute approximate surface area is 174 Å². The molecule has 1 atom stereocenters. The largest absolute Gasteiger partial charge is 0.342 e. The van der Waals surface area contributed by atoms with E-state index in [9.17, 15) is 9.59 Å². The number of piperidine rings is 1. The van der Waals surface area contributed by atoms with Gasteiger partial charge in [0, 0.05) is 13.1 Å². The van der Waals surface area contributed by atoms with E-state index >= 15 is 0 Å². The molecule has 2 aromatic carbocycles. The van der Waals surface area contributed by atoms with Gasteiger partial charge in [-0.2, -0.15) is 0 Å². The molecule has 1 saturated heterocycles. The van der Waals surface area contributed by atoms with Crippen LogP contribution in [-0.4, -0.2) is 39.2 Å². The first-order valence-corrected chi connectivity index (χ1v) is 11.1. The van der Waals surface area contributed by atoms with Gasteiger partial charge in [0.2, 0.25) is 5.91 Å². The van der Waals surface area contributed by atoms with Crippen LogP contribution in [0.25, 0.3) is 10.9 Å². The van der Waals surface area contributed by atoms with Crippen LogP contribution in [-0.2, 0) is 4.79 Å². The van der Waals surface area contributed by atoms with Crippen LogP contribution >= 0.6 is 11.8 Å². The second-order valence-electron chi connectivity index (χ2n) is 7.40. The van der Waals surface area contributed by atoms with Gasteiger partial charge in [0.15, 0.2) is 5.16 Å². The van der Waals surface area contributed by atoms with Crippen LogP contribution in [0.4, 0.5) is 0 Å². The smallest absolute Gasteiger partial charge is 0.262 e. The van der Waals surface area contributed by atoms with E-state index in [4.69, 9.17) is 4.98 Å². The Morgan fingerprint density at radius 2 is 1.72 bits per heavy atom. The zero-order valence-corrected chi connectivity index (χ0v) is 17.4. The topological polar surface area (TPSA) is 55.2 Å². The second-order valence-corrected chi connectivity index (χ2v) is 8.35. The van der Waals surface area contributed by atoms with Gasteiger partial charge >= 0.3 is 0 Å². The lowest BCUT2D eigenvalue weighted by Crippen LogP contribution is -2.37. The molecule has 6 heteroatoms. The third-order valence-corrected chi connectivity index (χ3v) is 6.42. The van der Waals surface area contributed by atoms with Crippen molar-refractivity contribution in [1.29, 1.82) is 0 Å². The average Bonchev–Trinajstić information content (AvgIpc) is 2.78. The van der Waals surface area contributed by atoms with Crippen LogP contribution in [0.5, 0.6) is 0 Å². The van der Waals surface area contributed by atoms with Gasteiger partial charge in [-0.1, -0.05) is 54.2 Å². The predicted octanol–water partition coefficient (Wildman–Crippen LogP) is 4.11. The minimum atomic E-state index is -0.173. The number of aromatic nitrogens is 2. The van der Waals surface area contributed by atoms with Gasteiger partial charge in [0.1, 0.15) is 0 Å². The molecule has 29 heavy (non-hydrogen) atoms. The lowest BCUT2D eigenvalue weighted by molar-refractivity contribution is -0.129. The van der Waals surface area contributed by atoms with Crippen molar-refractivity contribution in [3.05, 3.63) is 70.5 Å². The Morgan fingerprint density at radius 3 is 2.48 bits per heavy atom. The Morgan fingerprint density at radius 1 is 1.03 bits per heavy atom. The number of hydrogen-bond donors (Lipinski definition) is 0. The number of amides is 1. The summed E-state index contributed by atoms with van der Waals surface area (Å²) < 4.78 is 1.73. The summed E-state index contributed by atoms with van der Waals surface area (Å²) in [4.78, 5) is 32.7. The minimum Gasteiger partial charge on any atom is -0.342 e. The summed E-state index contributed by atoms with van der Waals surface area (Å²) in [5, 5.41) is 1.19. The number of hydrogen-bond acceptors (Lipinski definition) is 4. The lowest BCUT2D eigenvalue weighted by atomic mass is 10.1. The number of carbonyl (C=O) groups is 1. The first-order chi connectivity index (χ1) is 14.1. The summed E-state index contributed by atoms with van der Waals surface area (Å²) >= 11 is 1.36. The van der Waals surface area contributed by atoms with Gasteiger partial charge in [-0.15, -0.1) is 0 Å². The molecule has 0 aliphatic carbocycles. The van der Waals surface area contributed by atoms with E-state index in [1.54, 1.807) is 4.57 Å². The summed E-state index contributed by atoms with van der Waals surface area (Å²) in [6, 6.07) is 17.2. The number of nitrogens with zero attached hydrogens (tertiary/aromatic N) is 3. The van der Waals surface area contributed by atoms with Crippen molar-refractivity contribution in [3.63, 3.8) is 0 Å². The van der Waals surface area contributed by atoms with Gasteiger partial charge in [-0.3, -0.25) is 14.2 Å². The Balaban J connectivity index is 1.69. The highest BCUT2D eigenvalue weighted by Crippen LogP contribution is 2.25. The molecule has 3 aromatic rings. The molecule has 1 fully saturated rings. The Kier molecular flexibility index (Phi) is 6.00. The van der Waals surface area contributed by atoms with E-state index in [0.29, 0.717) is 21.8 Å². The SMILES string of the molecule is C[C@@H](c1ccccc1)n1c(SCC(=O)N2CCCCC2)nc2ccccc2c1=O. The lowest BCUT2D eigenvalue weighted by Gasteiger charge is -2.27. The molecule has 150 valence electrons. The van der Waals surface area contributed by atoms with E-state index in [1.807, 2.05) is 66.4 Å². The van der Waals surface area contributed by atoms with Gasteiger partial charge < -0.3 is 4.90 Å². The van der Waals surface area contributed by atoms with Crippen molar-refractivity contribution in [2.45, 2.75) is 37.4 Å². The number of para-hydroxylation sites is 1. The van der Waals surface area contributed by atoms with Crippen molar-refractivity contribution in [2.24, 2.45) is 0 Å². The van der Waals surface area contributed by atoms with Crippen LogP contribution in [0.1, 0.15) is 37.8 Å². The standard InChI is InChI=1S/C23H25N3O2S/c1-17(18-10-4-2-5-11-18)26-22(28)19-12-6-7-13-20(19)24-23(26)29-16-21(27)25-14-8-3-9-15-25/h2,4-7,10-13,17H,3,8-9,14-16H2,1H3/t17-/m0/s1. The number of likely N-dealkylation sites (tertiary alicyclic amines) is 1. The number of benzene rings is 2. The monoisotopic (exact) mass is 407 g/mol. The van der Waals surface area contributed by atoms with Crippen molar-refractivity contribution in [1.82, 2.24) is 14.5 Å². The summed E-state index contributed by atoms with van der Waals surface area (Å²) in [5.41, 5.74) is 1.64. The number of rotatable bonds is 5. The number of thioether (sulfide) groups is 1. The maximum Gasteiger partial charge on any atom is 0.262 e. The summed E-state index contributed by atoms with van der Waals surface area (Å²) in [6.07, 6.45) is 3.33. The van der Waals surface area contributed by atoms with Crippen molar-refractivity contribution >= 4 is 28.6 Å². The molecule has 2 heterocycles. The highest BCUT2D eigenvalue weighted by atomic mass is 32.2. The molecule has 0 unspecified atom stereocenters. The van der Waals surface area contributed by atoms with Crippen molar-refractivity contribution in [3.8, 4) is 0 Å². The van der Waals surface area contributed by atoms with Crippen LogP contribution in [0.3, 0.4) is 0 Å². The summed E-state index contributed by atoms with van der Waals surface area (Å²) in [6.45, 7) is 3.67. The Bertz CT molecular complexity index is 1060. The minimum absolute atomic E-state index is 0.0696. The predicted molar refractivity (Wildman–Crippen MR) is 117 cm³/mol. The fraction of sp³-hybridized carbons (Fsp3) is 0.348. The molecule has 1 aliphatic heterocycles. The molecule has 1 amide bonds. The molecule has 0 saturated carbocycles. The zero-order valence-electron chi connectivity index (χ0n) is 16.6. The summed E-state index contributed by atoms with van der Waals surface area (Å²) in [5.74, 6) is 0.419. The molecule has 1 aromatic heterocycles. The second kappa shape index (κ2) is 8.82. The van der Waals surface area contributed by atoms with Gasteiger partial charge in [-0.25, -0.2) is 4.98 Å². The molecule has 0 bridgehead atoms. The Hall–Kier alpha value is -2.60. The molecule has 0 N–H and O–H groups in total. The van der Waals surface area contributed by atoms with Crippen LogP contribution in [0, 0.1) is 0 Å². The average molecular weight is 408 g/mol. The fourth-order valence-corrected chi connectivity index (χ4v) is 4.79. The first kappa shape index (κ1) is 19.7. The first-order valence-electron chi connectivity index (χ1n) is 10.1. The third-order valence-electron chi connectivity index (χ3n) is 5.48. The van der Waals surface area contributed by atoms with Crippen LogP contribution in [0.15, 0.2) is 64.5 Å². The highest BCUT2D eigenvalue weighted by molar-refractivity contribution is 7.99.